The maximum atomic E-state index is 9.83. The van der Waals surface area contributed by atoms with Gasteiger partial charge < -0.3 is 15.7 Å². The van der Waals surface area contributed by atoms with Gasteiger partial charge in [0.2, 0.25) is 0 Å². The molecule has 0 atom stereocenters. The molecule has 94 valence electrons. The normalized spacial score (nSPS) is 19.1. The van der Waals surface area contributed by atoms with E-state index in [-0.39, 0.29) is 0 Å². The molecule has 1 aliphatic heterocycles. The summed E-state index contributed by atoms with van der Waals surface area (Å²) in [5.74, 6) is 0.308. The average Bonchev–Trinajstić information content (AvgIpc) is 2.49. The Labute approximate surface area is 103 Å². The Bertz CT molecular complexity index is 361. The highest BCUT2D eigenvalue weighted by Crippen LogP contribution is 2.24. The fraction of sp³-hybridized carbons (Fsp3) is 0.538. The molecular formula is C13H21N3O. The smallest absolute Gasteiger partial charge is 0.122 e. The second-order valence-electron chi connectivity index (χ2n) is 4.78. The molecule has 1 saturated heterocycles. The van der Waals surface area contributed by atoms with E-state index in [1.807, 2.05) is 6.07 Å². The Kier molecular flexibility index (Phi) is 3.86. The molecule has 1 heterocycles. The minimum Gasteiger partial charge on any atom is -0.508 e. The number of hydrogen-bond acceptors (Lipinski definition) is 4. The summed E-state index contributed by atoms with van der Waals surface area (Å²) in [5, 5.41) is 9.83. The SMILES string of the molecule is CN1CCCN(Cc2c(N)cccc2O)CC1. The second kappa shape index (κ2) is 5.38. The third-order valence-corrected chi connectivity index (χ3v) is 3.38. The van der Waals surface area contributed by atoms with E-state index >= 15 is 0 Å². The molecule has 4 heteroatoms. The zero-order valence-corrected chi connectivity index (χ0v) is 10.4. The highest BCUT2D eigenvalue weighted by molar-refractivity contribution is 5.53. The number of anilines is 1. The van der Waals surface area contributed by atoms with Crippen LogP contribution in [0, 0.1) is 0 Å². The zero-order valence-electron chi connectivity index (χ0n) is 10.4. The average molecular weight is 235 g/mol. The van der Waals surface area contributed by atoms with E-state index in [4.69, 9.17) is 5.73 Å². The van der Waals surface area contributed by atoms with E-state index in [1.54, 1.807) is 12.1 Å². The van der Waals surface area contributed by atoms with Crippen molar-refractivity contribution in [3.05, 3.63) is 23.8 Å². The number of aromatic hydroxyl groups is 1. The van der Waals surface area contributed by atoms with Crippen molar-refractivity contribution in [3.8, 4) is 5.75 Å². The predicted octanol–water partition coefficient (Wildman–Crippen LogP) is 1.11. The first-order valence-electron chi connectivity index (χ1n) is 6.14. The standard InChI is InChI=1S/C13H21N3O/c1-15-6-3-7-16(9-8-15)10-11-12(14)4-2-5-13(11)17/h2,4-5,17H,3,6-10,14H2,1H3. The van der Waals surface area contributed by atoms with Crippen molar-refractivity contribution >= 4 is 5.69 Å². The van der Waals surface area contributed by atoms with Gasteiger partial charge in [0, 0.05) is 30.9 Å². The summed E-state index contributed by atoms with van der Waals surface area (Å²) in [7, 11) is 2.15. The third-order valence-electron chi connectivity index (χ3n) is 3.38. The zero-order chi connectivity index (χ0) is 12.3. The molecule has 0 amide bonds. The van der Waals surface area contributed by atoms with Gasteiger partial charge in [-0.15, -0.1) is 0 Å². The van der Waals surface area contributed by atoms with Crippen LogP contribution in [0.2, 0.25) is 0 Å². The Morgan fingerprint density at radius 3 is 2.82 bits per heavy atom. The first-order chi connectivity index (χ1) is 8.16. The van der Waals surface area contributed by atoms with Crippen molar-refractivity contribution in [1.82, 2.24) is 9.80 Å². The predicted molar refractivity (Wildman–Crippen MR) is 69.9 cm³/mol. The fourth-order valence-corrected chi connectivity index (χ4v) is 2.25. The fourth-order valence-electron chi connectivity index (χ4n) is 2.25. The lowest BCUT2D eigenvalue weighted by atomic mass is 10.1. The molecule has 4 nitrogen and oxygen atoms in total. The van der Waals surface area contributed by atoms with E-state index in [2.05, 4.69) is 16.8 Å². The number of benzene rings is 1. The van der Waals surface area contributed by atoms with Crippen LogP contribution >= 0.6 is 0 Å². The maximum absolute atomic E-state index is 9.83. The lowest BCUT2D eigenvalue weighted by Gasteiger charge is -2.21. The van der Waals surface area contributed by atoms with Crippen LogP contribution in [0.4, 0.5) is 5.69 Å². The molecule has 0 aromatic heterocycles. The number of phenols is 1. The Balaban J connectivity index is 2.05. The van der Waals surface area contributed by atoms with Crippen molar-refractivity contribution in [2.45, 2.75) is 13.0 Å². The highest BCUT2D eigenvalue weighted by Gasteiger charge is 2.15. The molecule has 0 aliphatic carbocycles. The van der Waals surface area contributed by atoms with Gasteiger partial charge in [0.1, 0.15) is 5.75 Å². The van der Waals surface area contributed by atoms with Gasteiger partial charge in [-0.05, 0) is 38.7 Å². The summed E-state index contributed by atoms with van der Waals surface area (Å²) in [6.07, 6.45) is 1.17. The molecule has 2 rings (SSSR count). The summed E-state index contributed by atoms with van der Waals surface area (Å²) in [6.45, 7) is 5.06. The molecule has 0 radical (unpaired) electrons. The van der Waals surface area contributed by atoms with Gasteiger partial charge in [-0.2, -0.15) is 0 Å². The van der Waals surface area contributed by atoms with Gasteiger partial charge in [0.15, 0.2) is 0 Å². The lowest BCUT2D eigenvalue weighted by Crippen LogP contribution is -2.28. The monoisotopic (exact) mass is 235 g/mol. The van der Waals surface area contributed by atoms with Crippen LogP contribution in [0.3, 0.4) is 0 Å². The van der Waals surface area contributed by atoms with Crippen molar-refractivity contribution in [1.29, 1.82) is 0 Å². The van der Waals surface area contributed by atoms with Crippen LogP contribution in [0.1, 0.15) is 12.0 Å². The number of nitrogens with zero attached hydrogens (tertiary/aromatic N) is 2. The van der Waals surface area contributed by atoms with Crippen LogP contribution in [0.15, 0.2) is 18.2 Å². The first-order valence-corrected chi connectivity index (χ1v) is 6.14. The van der Waals surface area contributed by atoms with Gasteiger partial charge in [-0.25, -0.2) is 0 Å². The van der Waals surface area contributed by atoms with E-state index in [0.717, 1.165) is 38.3 Å². The van der Waals surface area contributed by atoms with Crippen LogP contribution in [0.5, 0.6) is 5.75 Å². The summed E-state index contributed by atoms with van der Waals surface area (Å²) >= 11 is 0. The van der Waals surface area contributed by atoms with Gasteiger partial charge >= 0.3 is 0 Å². The van der Waals surface area contributed by atoms with Crippen LogP contribution in [0.25, 0.3) is 0 Å². The van der Waals surface area contributed by atoms with Crippen LogP contribution in [-0.2, 0) is 6.54 Å². The Morgan fingerprint density at radius 1 is 1.24 bits per heavy atom. The van der Waals surface area contributed by atoms with E-state index in [9.17, 15) is 5.11 Å². The summed E-state index contributed by atoms with van der Waals surface area (Å²) < 4.78 is 0. The molecule has 0 bridgehead atoms. The molecule has 1 fully saturated rings. The van der Waals surface area contributed by atoms with E-state index < -0.39 is 0 Å². The minimum absolute atomic E-state index is 0.308. The first kappa shape index (κ1) is 12.2. The lowest BCUT2D eigenvalue weighted by molar-refractivity contribution is 0.266. The second-order valence-corrected chi connectivity index (χ2v) is 4.78. The number of nitrogens with two attached hydrogens (primary N) is 1. The minimum atomic E-state index is 0.308. The molecule has 0 saturated carbocycles. The van der Waals surface area contributed by atoms with Gasteiger partial charge in [0.05, 0.1) is 0 Å². The molecular weight excluding hydrogens is 214 g/mol. The van der Waals surface area contributed by atoms with Gasteiger partial charge in [-0.1, -0.05) is 6.07 Å². The molecule has 17 heavy (non-hydrogen) atoms. The van der Waals surface area contributed by atoms with Crippen molar-refractivity contribution in [3.63, 3.8) is 0 Å². The van der Waals surface area contributed by atoms with Gasteiger partial charge in [-0.3, -0.25) is 4.90 Å². The number of phenolic OH excluding ortho intramolecular Hbond substituents is 1. The summed E-state index contributed by atoms with van der Waals surface area (Å²) in [4.78, 5) is 4.70. The largest absolute Gasteiger partial charge is 0.508 e. The summed E-state index contributed by atoms with van der Waals surface area (Å²) in [5.41, 5.74) is 7.45. The molecule has 0 unspecified atom stereocenters. The molecule has 1 aliphatic rings. The van der Waals surface area contributed by atoms with Crippen LogP contribution < -0.4 is 5.73 Å². The number of nitrogen functional groups attached to an aromatic ring is 1. The van der Waals surface area contributed by atoms with Crippen molar-refractivity contribution in [2.75, 3.05) is 39.0 Å². The van der Waals surface area contributed by atoms with Gasteiger partial charge in [0.25, 0.3) is 0 Å². The summed E-state index contributed by atoms with van der Waals surface area (Å²) in [6, 6.07) is 5.33. The third kappa shape index (κ3) is 3.11. The van der Waals surface area contributed by atoms with E-state index in [0.29, 0.717) is 11.4 Å². The van der Waals surface area contributed by atoms with Crippen molar-refractivity contribution in [2.24, 2.45) is 0 Å². The quantitative estimate of drug-likeness (QED) is 0.754. The van der Waals surface area contributed by atoms with E-state index in [1.165, 1.54) is 6.42 Å². The number of rotatable bonds is 2. The van der Waals surface area contributed by atoms with Crippen molar-refractivity contribution < 1.29 is 5.11 Å². The molecule has 1 aromatic carbocycles. The Hall–Kier alpha value is -1.26. The maximum Gasteiger partial charge on any atom is 0.122 e. The molecule has 1 aromatic rings. The number of hydrogen-bond donors (Lipinski definition) is 2. The molecule has 3 N–H and O–H groups in total. The molecule has 0 spiro atoms. The van der Waals surface area contributed by atoms with Crippen LogP contribution in [-0.4, -0.2) is 48.1 Å². The number of likely N-dealkylation sites (N-methyl/N-ethyl adjacent to an activating group) is 1. The topological polar surface area (TPSA) is 52.7 Å². The Morgan fingerprint density at radius 2 is 2.06 bits per heavy atom. The highest BCUT2D eigenvalue weighted by atomic mass is 16.3.